The van der Waals surface area contributed by atoms with Gasteiger partial charge in [0.1, 0.15) is 0 Å². The van der Waals surface area contributed by atoms with Crippen LogP contribution in [0.3, 0.4) is 0 Å². The quantitative estimate of drug-likeness (QED) is 0.401. The van der Waals surface area contributed by atoms with Crippen molar-refractivity contribution in [3.63, 3.8) is 0 Å². The van der Waals surface area contributed by atoms with Crippen LogP contribution < -0.4 is 0 Å². The van der Waals surface area contributed by atoms with E-state index < -0.39 is 0 Å². The molecule has 0 aliphatic carbocycles. The fourth-order valence-corrected chi connectivity index (χ4v) is 0. The zero-order chi connectivity index (χ0) is 2.00. The molecule has 0 aromatic carbocycles. The van der Waals surface area contributed by atoms with Gasteiger partial charge in [0, 0.05) is 50.3 Å². The van der Waals surface area contributed by atoms with Crippen LogP contribution in [0.25, 0.3) is 0 Å². The standard InChI is InChI=1S/CN.Co.Fe.Ni/c1-2;;;/q-1;;;. The molecule has 1 radical (unpaired) electrons. The van der Waals surface area contributed by atoms with Crippen LogP contribution in [0.4, 0.5) is 0 Å². The van der Waals surface area contributed by atoms with E-state index in [0.717, 1.165) is 0 Å². The van der Waals surface area contributed by atoms with Gasteiger partial charge in [-0.15, -0.1) is 0 Å². The molecule has 0 aromatic rings. The van der Waals surface area contributed by atoms with Crippen LogP contribution in [0.1, 0.15) is 0 Å². The van der Waals surface area contributed by atoms with Crippen molar-refractivity contribution in [2.45, 2.75) is 0 Å². The zero-order valence-electron chi connectivity index (χ0n) is 1.95. The Balaban J connectivity index is -0.00000000167. The van der Waals surface area contributed by atoms with Crippen molar-refractivity contribution in [3.05, 3.63) is 6.57 Å². The maximum Gasteiger partial charge on any atom is 0 e. The Morgan fingerprint density at radius 2 is 1.20 bits per heavy atom. The first-order chi connectivity index (χ1) is 1.00. The molecule has 0 fully saturated rings. The van der Waals surface area contributed by atoms with Gasteiger partial charge in [0.05, 0.1) is 0 Å². The summed E-state index contributed by atoms with van der Waals surface area (Å²) in [5, 5.41) is 6.25. The molecule has 0 unspecified atom stereocenters. The van der Waals surface area contributed by atoms with E-state index in [1.807, 2.05) is 0 Å². The van der Waals surface area contributed by atoms with Crippen molar-refractivity contribution < 1.29 is 50.3 Å². The van der Waals surface area contributed by atoms with E-state index >= 15 is 0 Å². The Morgan fingerprint density at radius 3 is 1.20 bits per heavy atom. The largest absolute Gasteiger partial charge is 0.512 e. The number of nitrogens with zero attached hydrogens (tertiary/aromatic N) is 1. The summed E-state index contributed by atoms with van der Waals surface area (Å²) in [5.74, 6) is 0. The minimum absolute atomic E-state index is 0. The Bertz CT molecular complexity index is 16.4. The second-order valence-corrected chi connectivity index (χ2v) is 0. The summed E-state index contributed by atoms with van der Waals surface area (Å²) in [4.78, 5) is 0. The summed E-state index contributed by atoms with van der Waals surface area (Å²) in [6.07, 6.45) is 0. The molecular weight excluding hydrogens is 199 g/mol. The number of hydrogen-bond donors (Lipinski definition) is 0. The van der Waals surface area contributed by atoms with E-state index in [4.69, 9.17) is 11.8 Å². The van der Waals surface area contributed by atoms with Crippen LogP contribution in [0, 0.1) is 11.8 Å². The van der Waals surface area contributed by atoms with Gasteiger partial charge in [-0.25, -0.2) is 0 Å². The molecular formula is CCoFeNNi-. The van der Waals surface area contributed by atoms with Gasteiger partial charge in [0.2, 0.25) is 0 Å². The summed E-state index contributed by atoms with van der Waals surface area (Å²) < 4.78 is 0. The van der Waals surface area contributed by atoms with E-state index in [1.165, 1.54) is 0 Å². The molecule has 0 atom stereocenters. The van der Waals surface area contributed by atoms with Crippen LogP contribution >= 0.6 is 0 Å². The van der Waals surface area contributed by atoms with Crippen molar-refractivity contribution >= 4 is 0 Å². The van der Waals surface area contributed by atoms with Crippen molar-refractivity contribution in [1.29, 1.82) is 5.26 Å². The van der Waals surface area contributed by atoms with Crippen LogP contribution in [0.5, 0.6) is 0 Å². The molecule has 0 aliphatic rings. The van der Waals surface area contributed by atoms with E-state index in [0.29, 0.717) is 0 Å². The van der Waals surface area contributed by atoms with Crippen molar-refractivity contribution in [2.75, 3.05) is 0 Å². The van der Waals surface area contributed by atoms with Gasteiger partial charge in [0.15, 0.2) is 0 Å². The fourth-order valence-electron chi connectivity index (χ4n) is 0. The first kappa shape index (κ1) is 37.3. The maximum atomic E-state index is 6.25. The Kier molecular flexibility index (Phi) is 590. The van der Waals surface area contributed by atoms with Crippen LogP contribution in [-0.2, 0) is 50.3 Å². The van der Waals surface area contributed by atoms with Crippen LogP contribution in [0.15, 0.2) is 0 Å². The van der Waals surface area contributed by atoms with E-state index in [-0.39, 0.29) is 50.3 Å². The predicted octanol–water partition coefficient (Wildman–Crippen LogP) is 0.0889. The summed E-state index contributed by atoms with van der Waals surface area (Å²) in [6.45, 7) is 4.75. The van der Waals surface area contributed by atoms with Gasteiger partial charge in [-0.3, -0.25) is 0 Å². The maximum absolute atomic E-state index is 6.25. The first-order valence-electron chi connectivity index (χ1n) is 0.224. The summed E-state index contributed by atoms with van der Waals surface area (Å²) in [5.41, 5.74) is 0. The number of rotatable bonds is 0. The molecule has 0 aliphatic heterocycles. The van der Waals surface area contributed by atoms with Gasteiger partial charge < -0.3 is 11.8 Å². The molecule has 0 N–H and O–H groups in total. The van der Waals surface area contributed by atoms with Crippen molar-refractivity contribution in [1.82, 2.24) is 0 Å². The van der Waals surface area contributed by atoms with Crippen molar-refractivity contribution in [3.8, 4) is 0 Å². The Hall–Kier alpha value is 1.01. The molecule has 0 rings (SSSR count). The molecule has 0 spiro atoms. The topological polar surface area (TPSA) is 23.8 Å². The third-order valence-electron chi connectivity index (χ3n) is 0. The third kappa shape index (κ3) is 44.5. The summed E-state index contributed by atoms with van der Waals surface area (Å²) in [7, 11) is 0. The average Bonchev–Trinajstić information content (AvgIpc) is 1.00. The first-order valence-corrected chi connectivity index (χ1v) is 0.224. The fraction of sp³-hybridized carbons (Fsp3) is 0. The molecule has 0 amide bonds. The Labute approximate surface area is 62.1 Å². The number of hydrogen-bond acceptors (Lipinski definition) is 1. The van der Waals surface area contributed by atoms with E-state index in [9.17, 15) is 0 Å². The Morgan fingerprint density at radius 1 is 1.20 bits per heavy atom. The van der Waals surface area contributed by atoms with Gasteiger partial charge in [-0.1, -0.05) is 0 Å². The van der Waals surface area contributed by atoms with Crippen LogP contribution in [0.2, 0.25) is 0 Å². The monoisotopic (exact) mass is 199 g/mol. The minimum Gasteiger partial charge on any atom is -0.512 e. The van der Waals surface area contributed by atoms with Gasteiger partial charge >= 0.3 is 0 Å². The predicted molar refractivity (Wildman–Crippen MR) is 4.97 cm³/mol. The van der Waals surface area contributed by atoms with Gasteiger partial charge in [0.25, 0.3) is 0 Å². The molecule has 0 bridgehead atoms. The molecule has 0 saturated carbocycles. The molecule has 4 heteroatoms. The van der Waals surface area contributed by atoms with Crippen LogP contribution in [-0.4, -0.2) is 0 Å². The van der Waals surface area contributed by atoms with E-state index in [1.54, 1.807) is 0 Å². The molecule has 0 heterocycles. The molecule has 1 nitrogen and oxygen atoms in total. The SMILES string of the molecule is [C-]#N.[Co].[Fe].[Ni]. The second kappa shape index (κ2) is 79.0. The van der Waals surface area contributed by atoms with Gasteiger partial charge in [-0.2, -0.15) is 0 Å². The molecule has 0 aromatic heterocycles. The molecule has 0 saturated heterocycles. The summed E-state index contributed by atoms with van der Waals surface area (Å²) >= 11 is 0. The minimum atomic E-state index is 0. The molecule has 37 valence electrons. The smallest absolute Gasteiger partial charge is 0 e. The van der Waals surface area contributed by atoms with E-state index in [2.05, 4.69) is 0 Å². The zero-order valence-corrected chi connectivity index (χ0v) is 5.08. The van der Waals surface area contributed by atoms with Crippen molar-refractivity contribution in [2.24, 2.45) is 0 Å². The normalized spacial score (nSPS) is 0.400. The molecule has 5 heavy (non-hydrogen) atoms. The third-order valence-corrected chi connectivity index (χ3v) is 0. The second-order valence-electron chi connectivity index (χ2n) is 0. The summed E-state index contributed by atoms with van der Waals surface area (Å²) in [6, 6.07) is 0. The van der Waals surface area contributed by atoms with Gasteiger partial charge in [-0.05, 0) is 0 Å². The average molecular weight is 199 g/mol.